The number of esters is 2. The van der Waals surface area contributed by atoms with Gasteiger partial charge in [0.2, 0.25) is 5.60 Å². The first-order chi connectivity index (χ1) is 8.35. The van der Waals surface area contributed by atoms with Gasteiger partial charge in [0.25, 0.3) is 0 Å². The van der Waals surface area contributed by atoms with Gasteiger partial charge in [-0.05, 0) is 38.1 Å². The van der Waals surface area contributed by atoms with Gasteiger partial charge in [0.05, 0.1) is 0 Å². The van der Waals surface area contributed by atoms with E-state index in [0.717, 1.165) is 0 Å². The van der Waals surface area contributed by atoms with Crippen molar-refractivity contribution in [3.8, 4) is 5.75 Å². The van der Waals surface area contributed by atoms with Crippen molar-refractivity contribution < 1.29 is 19.1 Å². The van der Waals surface area contributed by atoms with Crippen LogP contribution < -0.4 is 4.74 Å². The SMILES string of the molecule is CCC(=O)OC(=O)C(C)(C)Oc1ccc(Cl)cc1. The Bertz CT molecular complexity index is 437. The molecule has 0 heterocycles. The molecule has 0 aliphatic heterocycles. The first kappa shape index (κ1) is 14.5. The van der Waals surface area contributed by atoms with Crippen LogP contribution in [-0.4, -0.2) is 17.5 Å². The highest BCUT2D eigenvalue weighted by Gasteiger charge is 2.33. The van der Waals surface area contributed by atoms with Gasteiger partial charge in [-0.15, -0.1) is 0 Å². The topological polar surface area (TPSA) is 52.6 Å². The van der Waals surface area contributed by atoms with Crippen LogP contribution in [0.4, 0.5) is 0 Å². The molecule has 0 spiro atoms. The van der Waals surface area contributed by atoms with Crippen molar-refractivity contribution >= 4 is 23.5 Å². The smallest absolute Gasteiger partial charge is 0.357 e. The molecule has 0 unspecified atom stereocenters. The molecule has 1 aromatic carbocycles. The van der Waals surface area contributed by atoms with Gasteiger partial charge in [0.15, 0.2) is 0 Å². The summed E-state index contributed by atoms with van der Waals surface area (Å²) in [6.45, 7) is 4.68. The standard InChI is InChI=1S/C13H15ClO4/c1-4-11(15)17-12(16)13(2,3)18-10-7-5-9(14)6-8-10/h5-8H,4H2,1-3H3. The van der Waals surface area contributed by atoms with Crippen LogP contribution in [-0.2, 0) is 14.3 Å². The van der Waals surface area contributed by atoms with Crippen LogP contribution in [0.2, 0.25) is 5.02 Å². The molecule has 0 aromatic heterocycles. The van der Waals surface area contributed by atoms with Crippen molar-refractivity contribution in [1.82, 2.24) is 0 Å². The number of ether oxygens (including phenoxy) is 2. The van der Waals surface area contributed by atoms with Crippen LogP contribution in [0.15, 0.2) is 24.3 Å². The summed E-state index contributed by atoms with van der Waals surface area (Å²) in [4.78, 5) is 22.8. The normalized spacial score (nSPS) is 10.9. The molecule has 4 nitrogen and oxygen atoms in total. The molecule has 18 heavy (non-hydrogen) atoms. The highest BCUT2D eigenvalue weighted by Crippen LogP contribution is 2.21. The molecular weight excluding hydrogens is 256 g/mol. The number of carbonyl (C=O) groups excluding carboxylic acids is 2. The molecule has 1 rings (SSSR count). The van der Waals surface area contributed by atoms with Crippen LogP contribution in [0.1, 0.15) is 27.2 Å². The van der Waals surface area contributed by atoms with Crippen LogP contribution in [0, 0.1) is 0 Å². The van der Waals surface area contributed by atoms with Gasteiger partial charge in [0.1, 0.15) is 5.75 Å². The van der Waals surface area contributed by atoms with E-state index in [2.05, 4.69) is 4.74 Å². The molecule has 0 aliphatic rings. The van der Waals surface area contributed by atoms with E-state index in [9.17, 15) is 9.59 Å². The minimum absolute atomic E-state index is 0.142. The van der Waals surface area contributed by atoms with E-state index >= 15 is 0 Å². The van der Waals surface area contributed by atoms with E-state index in [1.165, 1.54) is 13.8 Å². The predicted octanol–water partition coefficient (Wildman–Crippen LogP) is 2.98. The van der Waals surface area contributed by atoms with E-state index in [1.54, 1.807) is 31.2 Å². The number of halogens is 1. The van der Waals surface area contributed by atoms with Gasteiger partial charge in [-0.2, -0.15) is 0 Å². The van der Waals surface area contributed by atoms with Gasteiger partial charge >= 0.3 is 11.9 Å². The number of carbonyl (C=O) groups is 2. The molecule has 0 saturated heterocycles. The third kappa shape index (κ3) is 4.04. The van der Waals surface area contributed by atoms with Crippen molar-refractivity contribution in [2.45, 2.75) is 32.8 Å². The van der Waals surface area contributed by atoms with E-state index < -0.39 is 17.5 Å². The summed E-state index contributed by atoms with van der Waals surface area (Å²) in [6.07, 6.45) is 0.142. The number of benzene rings is 1. The Hall–Kier alpha value is -1.55. The van der Waals surface area contributed by atoms with Gasteiger partial charge in [-0.1, -0.05) is 18.5 Å². The molecule has 5 heteroatoms. The first-order valence-electron chi connectivity index (χ1n) is 5.55. The highest BCUT2D eigenvalue weighted by atomic mass is 35.5. The Kier molecular flexibility index (Phi) is 4.73. The summed E-state index contributed by atoms with van der Waals surface area (Å²) in [5.41, 5.74) is -1.24. The Morgan fingerprint density at radius 2 is 1.78 bits per heavy atom. The van der Waals surface area contributed by atoms with E-state index in [1.807, 2.05) is 0 Å². The van der Waals surface area contributed by atoms with Crippen LogP contribution in [0.25, 0.3) is 0 Å². The molecule has 0 amide bonds. The Morgan fingerprint density at radius 3 is 2.28 bits per heavy atom. The van der Waals surface area contributed by atoms with Crippen molar-refractivity contribution in [2.75, 3.05) is 0 Å². The highest BCUT2D eigenvalue weighted by molar-refractivity contribution is 6.30. The lowest BCUT2D eigenvalue weighted by Crippen LogP contribution is -2.40. The quantitative estimate of drug-likeness (QED) is 0.623. The first-order valence-corrected chi connectivity index (χ1v) is 5.92. The lowest BCUT2D eigenvalue weighted by Gasteiger charge is -2.23. The second kappa shape index (κ2) is 5.87. The summed E-state index contributed by atoms with van der Waals surface area (Å²) < 4.78 is 10.1. The second-order valence-corrected chi connectivity index (χ2v) is 4.62. The van der Waals surface area contributed by atoms with Crippen molar-refractivity contribution in [3.63, 3.8) is 0 Å². The van der Waals surface area contributed by atoms with Gasteiger partial charge in [0, 0.05) is 11.4 Å². The Balaban J connectivity index is 2.71. The summed E-state index contributed by atoms with van der Waals surface area (Å²) in [5.74, 6) is -0.817. The maximum atomic E-state index is 11.7. The monoisotopic (exact) mass is 270 g/mol. The average molecular weight is 271 g/mol. The van der Waals surface area contributed by atoms with Crippen molar-refractivity contribution in [1.29, 1.82) is 0 Å². The molecule has 0 fully saturated rings. The minimum atomic E-state index is -1.24. The van der Waals surface area contributed by atoms with Crippen LogP contribution >= 0.6 is 11.6 Å². The molecule has 0 aliphatic carbocycles. The zero-order valence-corrected chi connectivity index (χ0v) is 11.3. The molecule has 0 atom stereocenters. The fourth-order valence-electron chi connectivity index (χ4n) is 1.14. The number of rotatable bonds is 4. The van der Waals surface area contributed by atoms with Crippen LogP contribution in [0.5, 0.6) is 5.75 Å². The third-order valence-corrected chi connectivity index (χ3v) is 2.43. The molecule has 98 valence electrons. The van der Waals surface area contributed by atoms with E-state index in [4.69, 9.17) is 16.3 Å². The fraction of sp³-hybridized carbons (Fsp3) is 0.385. The summed E-state index contributed by atoms with van der Waals surface area (Å²) in [7, 11) is 0. The number of hydrogen-bond acceptors (Lipinski definition) is 4. The largest absolute Gasteiger partial charge is 0.476 e. The lowest BCUT2D eigenvalue weighted by atomic mass is 10.1. The maximum absolute atomic E-state index is 11.7. The molecule has 0 saturated carbocycles. The van der Waals surface area contributed by atoms with E-state index in [-0.39, 0.29) is 6.42 Å². The lowest BCUT2D eigenvalue weighted by molar-refractivity contribution is -0.169. The predicted molar refractivity (Wildman–Crippen MR) is 67.5 cm³/mol. The Morgan fingerprint density at radius 1 is 1.22 bits per heavy atom. The zero-order chi connectivity index (χ0) is 13.8. The minimum Gasteiger partial charge on any atom is -0.476 e. The molecule has 0 N–H and O–H groups in total. The summed E-state index contributed by atoms with van der Waals surface area (Å²) in [5, 5.41) is 0.573. The van der Waals surface area contributed by atoms with Crippen molar-refractivity contribution in [2.24, 2.45) is 0 Å². The van der Waals surface area contributed by atoms with Crippen molar-refractivity contribution in [3.05, 3.63) is 29.3 Å². The molecule has 0 radical (unpaired) electrons. The number of hydrogen-bond donors (Lipinski definition) is 0. The summed E-state index contributed by atoms with van der Waals surface area (Å²) >= 11 is 5.74. The third-order valence-electron chi connectivity index (χ3n) is 2.17. The van der Waals surface area contributed by atoms with Crippen LogP contribution in [0.3, 0.4) is 0 Å². The maximum Gasteiger partial charge on any atom is 0.357 e. The summed E-state index contributed by atoms with van der Waals surface area (Å²) in [6, 6.07) is 6.57. The van der Waals surface area contributed by atoms with Gasteiger partial charge in [-0.25, -0.2) is 4.79 Å². The van der Waals surface area contributed by atoms with Gasteiger partial charge < -0.3 is 9.47 Å². The fourth-order valence-corrected chi connectivity index (χ4v) is 1.26. The molecule has 0 bridgehead atoms. The average Bonchev–Trinajstić information content (AvgIpc) is 2.31. The molecule has 1 aromatic rings. The second-order valence-electron chi connectivity index (χ2n) is 4.18. The van der Waals surface area contributed by atoms with E-state index in [0.29, 0.717) is 10.8 Å². The zero-order valence-electron chi connectivity index (χ0n) is 10.5. The van der Waals surface area contributed by atoms with Gasteiger partial charge in [-0.3, -0.25) is 4.79 Å². The Labute approximate surface area is 111 Å². The molecular formula is C13H15ClO4.